The van der Waals surface area contributed by atoms with Crippen LogP contribution in [0.5, 0.6) is 0 Å². The summed E-state index contributed by atoms with van der Waals surface area (Å²) in [7, 11) is 0. The molecule has 1 N–H and O–H groups in total. The fourth-order valence-corrected chi connectivity index (χ4v) is 3.44. The molecule has 1 aromatic heterocycles. The number of rotatable bonds is 2. The van der Waals surface area contributed by atoms with Gasteiger partial charge < -0.3 is 15.0 Å². The first-order chi connectivity index (χ1) is 10.9. The molecule has 5 nitrogen and oxygen atoms in total. The summed E-state index contributed by atoms with van der Waals surface area (Å²) in [4.78, 5) is 18.5. The van der Waals surface area contributed by atoms with Gasteiger partial charge in [0.05, 0.1) is 11.7 Å². The van der Waals surface area contributed by atoms with Gasteiger partial charge in [-0.15, -0.1) is 0 Å². The molecule has 1 fully saturated rings. The van der Waals surface area contributed by atoms with Crippen molar-refractivity contribution in [3.63, 3.8) is 0 Å². The number of aromatic nitrogens is 1. The molecular formula is C18H27N3O2. The second-order valence-corrected chi connectivity index (χ2v) is 7.57. The predicted molar refractivity (Wildman–Crippen MR) is 89.3 cm³/mol. The maximum Gasteiger partial charge on any atom is 0.410 e. The van der Waals surface area contributed by atoms with E-state index in [0.29, 0.717) is 18.6 Å². The van der Waals surface area contributed by atoms with Crippen molar-refractivity contribution < 1.29 is 9.53 Å². The lowest BCUT2D eigenvalue weighted by atomic mass is 9.91. The van der Waals surface area contributed by atoms with Crippen LogP contribution in [0.1, 0.15) is 57.3 Å². The van der Waals surface area contributed by atoms with Crippen LogP contribution >= 0.6 is 0 Å². The average Bonchev–Trinajstić information content (AvgIpc) is 2.95. The lowest BCUT2D eigenvalue weighted by Crippen LogP contribution is -2.40. The molecular weight excluding hydrogens is 290 g/mol. The number of hydrogen-bond acceptors (Lipinski definition) is 4. The minimum atomic E-state index is -0.436. The number of likely N-dealkylation sites (tertiary alicyclic amines) is 1. The van der Waals surface area contributed by atoms with Crippen molar-refractivity contribution in [3.8, 4) is 0 Å². The molecule has 23 heavy (non-hydrogen) atoms. The SMILES string of the molecule is CC(C)(C)OC(=O)N1CCC(NC2CCCc3cccnc32)C1. The van der Waals surface area contributed by atoms with Crippen LogP contribution in [0, 0.1) is 0 Å². The van der Waals surface area contributed by atoms with Crippen molar-refractivity contribution in [2.45, 2.75) is 64.1 Å². The van der Waals surface area contributed by atoms with Crippen LogP contribution in [0.25, 0.3) is 0 Å². The molecule has 3 rings (SSSR count). The maximum atomic E-state index is 12.2. The summed E-state index contributed by atoms with van der Waals surface area (Å²) in [6.07, 6.45) is 6.07. The van der Waals surface area contributed by atoms with E-state index in [2.05, 4.69) is 16.4 Å². The zero-order valence-corrected chi connectivity index (χ0v) is 14.3. The number of nitrogens with zero attached hydrogens (tertiary/aromatic N) is 2. The summed E-state index contributed by atoms with van der Waals surface area (Å²) >= 11 is 0. The predicted octanol–water partition coefficient (Wildman–Crippen LogP) is 3.06. The summed E-state index contributed by atoms with van der Waals surface area (Å²) < 4.78 is 5.46. The number of ether oxygens (including phenoxy) is 1. The molecule has 0 bridgehead atoms. The smallest absolute Gasteiger partial charge is 0.410 e. The highest BCUT2D eigenvalue weighted by Crippen LogP contribution is 2.29. The number of fused-ring (bicyclic) bond motifs is 1. The monoisotopic (exact) mass is 317 g/mol. The van der Waals surface area contributed by atoms with E-state index in [1.54, 1.807) is 0 Å². The normalized spacial score (nSPS) is 24.4. The third kappa shape index (κ3) is 4.02. The molecule has 1 aromatic rings. The van der Waals surface area contributed by atoms with Crippen molar-refractivity contribution in [1.29, 1.82) is 0 Å². The van der Waals surface area contributed by atoms with Crippen LogP contribution in [0.15, 0.2) is 18.3 Å². The number of nitrogens with one attached hydrogen (secondary N) is 1. The number of hydrogen-bond donors (Lipinski definition) is 1. The zero-order valence-electron chi connectivity index (χ0n) is 14.3. The van der Waals surface area contributed by atoms with Crippen molar-refractivity contribution in [1.82, 2.24) is 15.2 Å². The number of carbonyl (C=O) groups excluding carboxylic acids is 1. The second kappa shape index (κ2) is 6.48. The Morgan fingerprint density at radius 1 is 1.39 bits per heavy atom. The van der Waals surface area contributed by atoms with Gasteiger partial charge in [-0.05, 0) is 58.1 Å². The van der Waals surface area contributed by atoms with Crippen LogP contribution in [-0.2, 0) is 11.2 Å². The largest absolute Gasteiger partial charge is 0.444 e. The molecule has 1 saturated heterocycles. The van der Waals surface area contributed by atoms with E-state index in [4.69, 9.17) is 4.74 Å². The van der Waals surface area contributed by atoms with Crippen molar-refractivity contribution in [2.24, 2.45) is 0 Å². The molecule has 126 valence electrons. The highest BCUT2D eigenvalue weighted by Gasteiger charge is 2.32. The molecule has 2 heterocycles. The molecule has 0 aromatic carbocycles. The van der Waals surface area contributed by atoms with Crippen LogP contribution < -0.4 is 5.32 Å². The molecule has 5 heteroatoms. The Kier molecular flexibility index (Phi) is 4.57. The second-order valence-electron chi connectivity index (χ2n) is 7.57. The standard InChI is InChI=1S/C18H27N3O2/c1-18(2,3)23-17(22)21-11-9-14(12-21)20-15-8-4-6-13-7-5-10-19-16(13)15/h5,7,10,14-15,20H,4,6,8-9,11-12H2,1-3H3. The molecule has 0 radical (unpaired) electrons. The Morgan fingerprint density at radius 2 is 2.22 bits per heavy atom. The van der Waals surface area contributed by atoms with Crippen molar-refractivity contribution in [3.05, 3.63) is 29.6 Å². The van der Waals surface area contributed by atoms with E-state index >= 15 is 0 Å². The zero-order chi connectivity index (χ0) is 16.4. The van der Waals surface area contributed by atoms with Gasteiger partial charge in [0.25, 0.3) is 0 Å². The van der Waals surface area contributed by atoms with Gasteiger partial charge in [-0.3, -0.25) is 4.98 Å². The minimum absolute atomic E-state index is 0.205. The Balaban J connectivity index is 1.58. The Hall–Kier alpha value is -1.62. The molecule has 2 aliphatic rings. The van der Waals surface area contributed by atoms with Gasteiger partial charge in [-0.2, -0.15) is 0 Å². The lowest BCUT2D eigenvalue weighted by Gasteiger charge is -2.28. The maximum absolute atomic E-state index is 12.2. The van der Waals surface area contributed by atoms with E-state index in [1.807, 2.05) is 37.9 Å². The Morgan fingerprint density at radius 3 is 3.00 bits per heavy atom. The first kappa shape index (κ1) is 16.2. The van der Waals surface area contributed by atoms with E-state index in [-0.39, 0.29) is 6.09 Å². The Labute approximate surface area is 138 Å². The molecule has 2 unspecified atom stereocenters. The highest BCUT2D eigenvalue weighted by atomic mass is 16.6. The summed E-state index contributed by atoms with van der Waals surface area (Å²) in [6.45, 7) is 7.19. The molecule has 2 atom stereocenters. The average molecular weight is 317 g/mol. The summed E-state index contributed by atoms with van der Waals surface area (Å²) in [5, 5.41) is 3.71. The minimum Gasteiger partial charge on any atom is -0.444 e. The molecule has 1 amide bonds. The third-order valence-electron chi connectivity index (χ3n) is 4.47. The van der Waals surface area contributed by atoms with Crippen LogP contribution in [-0.4, -0.2) is 40.7 Å². The Bertz CT molecular complexity index is 568. The van der Waals surface area contributed by atoms with E-state index in [1.165, 1.54) is 17.7 Å². The van der Waals surface area contributed by atoms with E-state index in [9.17, 15) is 4.79 Å². The van der Waals surface area contributed by atoms with Gasteiger partial charge in [0.1, 0.15) is 5.60 Å². The fraction of sp³-hybridized carbons (Fsp3) is 0.667. The number of carbonyl (C=O) groups is 1. The molecule has 0 saturated carbocycles. The summed E-state index contributed by atoms with van der Waals surface area (Å²) in [6, 6.07) is 4.82. The molecule has 1 aliphatic heterocycles. The summed E-state index contributed by atoms with van der Waals surface area (Å²) in [5.74, 6) is 0. The van der Waals surface area contributed by atoms with Crippen molar-refractivity contribution >= 4 is 6.09 Å². The third-order valence-corrected chi connectivity index (χ3v) is 4.47. The van der Waals surface area contributed by atoms with Gasteiger partial charge in [-0.25, -0.2) is 4.79 Å². The quantitative estimate of drug-likeness (QED) is 0.911. The van der Waals surface area contributed by atoms with Crippen LogP contribution in [0.3, 0.4) is 0 Å². The number of amides is 1. The van der Waals surface area contributed by atoms with Gasteiger partial charge in [0, 0.05) is 25.3 Å². The van der Waals surface area contributed by atoms with E-state index < -0.39 is 5.60 Å². The molecule has 1 aliphatic carbocycles. The lowest BCUT2D eigenvalue weighted by molar-refractivity contribution is 0.0290. The van der Waals surface area contributed by atoms with Gasteiger partial charge in [0.15, 0.2) is 0 Å². The first-order valence-electron chi connectivity index (χ1n) is 8.60. The van der Waals surface area contributed by atoms with E-state index in [0.717, 1.165) is 25.8 Å². The molecule has 0 spiro atoms. The van der Waals surface area contributed by atoms with Crippen molar-refractivity contribution in [2.75, 3.05) is 13.1 Å². The summed E-state index contributed by atoms with van der Waals surface area (Å²) in [5.41, 5.74) is 2.11. The first-order valence-corrected chi connectivity index (χ1v) is 8.60. The topological polar surface area (TPSA) is 54.5 Å². The van der Waals surface area contributed by atoms with Gasteiger partial charge in [-0.1, -0.05) is 6.07 Å². The van der Waals surface area contributed by atoms with Crippen LogP contribution in [0.4, 0.5) is 4.79 Å². The van der Waals surface area contributed by atoms with Gasteiger partial charge >= 0.3 is 6.09 Å². The van der Waals surface area contributed by atoms with Crippen LogP contribution in [0.2, 0.25) is 0 Å². The highest BCUT2D eigenvalue weighted by molar-refractivity contribution is 5.68. The number of aryl methyl sites for hydroxylation is 1. The number of pyridine rings is 1. The fourth-order valence-electron chi connectivity index (χ4n) is 3.44. The van der Waals surface area contributed by atoms with Gasteiger partial charge in [0.2, 0.25) is 0 Å².